The highest BCUT2D eigenvalue weighted by Gasteiger charge is 2.09. The van der Waals surface area contributed by atoms with Gasteiger partial charge in [0, 0.05) is 23.3 Å². The minimum absolute atomic E-state index is 0.228. The number of halogens is 1. The summed E-state index contributed by atoms with van der Waals surface area (Å²) in [5.74, 6) is -0.228. The standard InChI is InChI=1S/C10H13ClN2O3S/c1-3-8-4-5-9(12-7(2)14)6-10(8)13-17(11,15)16/h4-6,13H,3H2,1-2H3,(H,12,14). The molecule has 0 unspecified atom stereocenters. The van der Waals surface area contributed by atoms with Gasteiger partial charge in [0.05, 0.1) is 5.69 Å². The van der Waals surface area contributed by atoms with Crippen LogP contribution in [0.15, 0.2) is 18.2 Å². The molecule has 0 aromatic heterocycles. The highest BCUT2D eigenvalue weighted by Crippen LogP contribution is 2.23. The van der Waals surface area contributed by atoms with Crippen LogP contribution in [0.4, 0.5) is 11.4 Å². The molecule has 5 nitrogen and oxygen atoms in total. The number of rotatable bonds is 4. The first-order chi connectivity index (χ1) is 7.81. The lowest BCUT2D eigenvalue weighted by atomic mass is 10.1. The molecule has 17 heavy (non-hydrogen) atoms. The van der Waals surface area contributed by atoms with Gasteiger partial charge in [-0.05, 0) is 24.1 Å². The SMILES string of the molecule is CCc1ccc(NC(C)=O)cc1NS(=O)(=O)Cl. The Kier molecular flexibility index (Phi) is 4.36. The molecule has 1 amide bonds. The van der Waals surface area contributed by atoms with Gasteiger partial charge in [-0.2, -0.15) is 8.42 Å². The van der Waals surface area contributed by atoms with E-state index in [2.05, 4.69) is 10.0 Å². The zero-order chi connectivity index (χ0) is 13.1. The second kappa shape index (κ2) is 5.37. The van der Waals surface area contributed by atoms with Gasteiger partial charge in [-0.3, -0.25) is 9.52 Å². The molecule has 7 heteroatoms. The van der Waals surface area contributed by atoms with Crippen LogP contribution in [0, 0.1) is 0 Å². The van der Waals surface area contributed by atoms with E-state index in [-0.39, 0.29) is 5.91 Å². The van der Waals surface area contributed by atoms with Crippen LogP contribution in [-0.4, -0.2) is 14.3 Å². The zero-order valence-corrected chi connectivity index (χ0v) is 11.0. The van der Waals surface area contributed by atoms with Crippen LogP contribution in [0.25, 0.3) is 0 Å². The smallest absolute Gasteiger partial charge is 0.319 e. The Bertz CT molecular complexity index is 528. The van der Waals surface area contributed by atoms with Gasteiger partial charge in [0.2, 0.25) is 5.91 Å². The summed E-state index contributed by atoms with van der Waals surface area (Å²) >= 11 is 0. The molecule has 1 rings (SSSR count). The highest BCUT2D eigenvalue weighted by atomic mass is 35.7. The Morgan fingerprint density at radius 1 is 1.41 bits per heavy atom. The molecule has 1 aromatic carbocycles. The molecule has 1 aromatic rings. The predicted octanol–water partition coefficient (Wildman–Crippen LogP) is 2.10. The Morgan fingerprint density at radius 2 is 2.06 bits per heavy atom. The summed E-state index contributed by atoms with van der Waals surface area (Å²) in [6.07, 6.45) is 0.648. The number of carbonyl (C=O) groups excluding carboxylic acids is 1. The van der Waals surface area contributed by atoms with E-state index in [0.717, 1.165) is 5.56 Å². The van der Waals surface area contributed by atoms with Gasteiger partial charge in [0.25, 0.3) is 0 Å². The number of amides is 1. The largest absolute Gasteiger partial charge is 0.326 e. The average Bonchev–Trinajstić information content (AvgIpc) is 2.14. The van der Waals surface area contributed by atoms with E-state index in [1.165, 1.54) is 13.0 Å². The predicted molar refractivity (Wildman–Crippen MR) is 68.5 cm³/mol. The van der Waals surface area contributed by atoms with Crippen LogP contribution in [0.2, 0.25) is 0 Å². The van der Waals surface area contributed by atoms with Gasteiger partial charge in [-0.1, -0.05) is 13.0 Å². The fourth-order valence-electron chi connectivity index (χ4n) is 1.39. The summed E-state index contributed by atoms with van der Waals surface area (Å²) in [5, 5.41) is 2.57. The van der Waals surface area contributed by atoms with Crippen molar-refractivity contribution < 1.29 is 13.2 Å². The number of benzene rings is 1. The molecular weight excluding hydrogens is 264 g/mol. The highest BCUT2D eigenvalue weighted by molar-refractivity contribution is 8.14. The molecule has 94 valence electrons. The minimum atomic E-state index is -3.85. The molecule has 0 aliphatic carbocycles. The number of hydrogen-bond donors (Lipinski definition) is 2. The summed E-state index contributed by atoms with van der Waals surface area (Å²) in [5.41, 5.74) is 1.68. The van der Waals surface area contributed by atoms with Crippen LogP contribution in [0.3, 0.4) is 0 Å². The van der Waals surface area contributed by atoms with Crippen molar-refractivity contribution >= 4 is 37.2 Å². The summed E-state index contributed by atoms with van der Waals surface area (Å²) < 4.78 is 24.1. The molecule has 0 aliphatic rings. The van der Waals surface area contributed by atoms with Crippen molar-refractivity contribution in [3.05, 3.63) is 23.8 Å². The summed E-state index contributed by atoms with van der Waals surface area (Å²) in [6, 6.07) is 4.96. The molecule has 2 N–H and O–H groups in total. The van der Waals surface area contributed by atoms with E-state index < -0.39 is 9.24 Å². The van der Waals surface area contributed by atoms with Crippen LogP contribution in [-0.2, 0) is 20.5 Å². The fourth-order valence-corrected chi connectivity index (χ4v) is 2.09. The third-order valence-corrected chi connectivity index (χ3v) is 2.74. The number of nitrogens with one attached hydrogen (secondary N) is 2. The lowest BCUT2D eigenvalue weighted by Crippen LogP contribution is -2.09. The first-order valence-corrected chi connectivity index (χ1v) is 7.25. The normalized spacial score (nSPS) is 11.0. The van der Waals surface area contributed by atoms with E-state index >= 15 is 0 Å². The van der Waals surface area contributed by atoms with Gasteiger partial charge in [0.1, 0.15) is 0 Å². The molecule has 0 aliphatic heterocycles. The fraction of sp³-hybridized carbons (Fsp3) is 0.300. The van der Waals surface area contributed by atoms with Crippen LogP contribution in [0.1, 0.15) is 19.4 Å². The Labute approximate surface area is 105 Å². The van der Waals surface area contributed by atoms with Gasteiger partial charge in [0.15, 0.2) is 0 Å². The van der Waals surface area contributed by atoms with E-state index in [1.54, 1.807) is 12.1 Å². The molecule has 0 heterocycles. The quantitative estimate of drug-likeness (QED) is 0.827. The monoisotopic (exact) mass is 276 g/mol. The van der Waals surface area contributed by atoms with Crippen LogP contribution < -0.4 is 10.0 Å². The minimum Gasteiger partial charge on any atom is -0.326 e. The topological polar surface area (TPSA) is 75.3 Å². The summed E-state index contributed by atoms with van der Waals surface area (Å²) in [6.45, 7) is 3.26. The second-order valence-corrected chi connectivity index (χ2v) is 5.75. The van der Waals surface area contributed by atoms with Crippen molar-refractivity contribution in [2.45, 2.75) is 20.3 Å². The van der Waals surface area contributed by atoms with Gasteiger partial charge in [-0.25, -0.2) is 0 Å². The molecule has 0 bridgehead atoms. The molecular formula is C10H13ClN2O3S. The zero-order valence-electron chi connectivity index (χ0n) is 9.45. The van der Waals surface area contributed by atoms with E-state index in [9.17, 15) is 13.2 Å². The first kappa shape index (κ1) is 13.8. The third kappa shape index (κ3) is 4.62. The van der Waals surface area contributed by atoms with Crippen molar-refractivity contribution in [1.82, 2.24) is 0 Å². The van der Waals surface area contributed by atoms with Crippen molar-refractivity contribution in [1.29, 1.82) is 0 Å². The first-order valence-electron chi connectivity index (χ1n) is 4.94. The lowest BCUT2D eigenvalue weighted by Gasteiger charge is -2.10. The second-order valence-electron chi connectivity index (χ2n) is 3.45. The van der Waals surface area contributed by atoms with Crippen molar-refractivity contribution in [2.75, 3.05) is 10.0 Å². The molecule has 0 saturated heterocycles. The lowest BCUT2D eigenvalue weighted by molar-refractivity contribution is -0.114. The van der Waals surface area contributed by atoms with Gasteiger partial charge in [-0.15, -0.1) is 0 Å². The van der Waals surface area contributed by atoms with Crippen molar-refractivity contribution in [3.63, 3.8) is 0 Å². The van der Waals surface area contributed by atoms with Crippen LogP contribution in [0.5, 0.6) is 0 Å². The average molecular weight is 277 g/mol. The number of anilines is 2. The van der Waals surface area contributed by atoms with Gasteiger partial charge >= 0.3 is 9.24 Å². The summed E-state index contributed by atoms with van der Waals surface area (Å²) in [7, 11) is 1.28. The maximum atomic E-state index is 11.0. The molecule has 0 fully saturated rings. The van der Waals surface area contributed by atoms with E-state index in [4.69, 9.17) is 10.7 Å². The third-order valence-electron chi connectivity index (χ3n) is 2.04. The summed E-state index contributed by atoms with van der Waals surface area (Å²) in [4.78, 5) is 10.9. The number of carbonyl (C=O) groups is 1. The van der Waals surface area contributed by atoms with Crippen molar-refractivity contribution in [2.24, 2.45) is 0 Å². The maximum absolute atomic E-state index is 11.0. The number of hydrogen-bond acceptors (Lipinski definition) is 3. The molecule has 0 atom stereocenters. The molecule has 0 saturated carbocycles. The van der Waals surface area contributed by atoms with Crippen molar-refractivity contribution in [3.8, 4) is 0 Å². The molecule has 0 radical (unpaired) electrons. The Morgan fingerprint density at radius 3 is 2.53 bits per heavy atom. The number of aryl methyl sites for hydroxylation is 1. The molecule has 0 spiro atoms. The van der Waals surface area contributed by atoms with Crippen LogP contribution >= 0.6 is 10.7 Å². The Hall–Kier alpha value is -1.27. The van der Waals surface area contributed by atoms with Gasteiger partial charge < -0.3 is 5.32 Å². The maximum Gasteiger partial charge on any atom is 0.319 e. The Balaban J connectivity index is 3.10. The van der Waals surface area contributed by atoms with E-state index in [0.29, 0.717) is 17.8 Å². The van der Waals surface area contributed by atoms with E-state index in [1.807, 2.05) is 6.92 Å².